The molecule has 0 fully saturated rings. The fourth-order valence-electron chi connectivity index (χ4n) is 3.27. The molecule has 0 saturated carbocycles. The third-order valence-electron chi connectivity index (χ3n) is 4.99. The molecule has 0 spiro atoms. The van der Waals surface area contributed by atoms with Crippen molar-refractivity contribution in [3.63, 3.8) is 0 Å². The van der Waals surface area contributed by atoms with Gasteiger partial charge in [0.25, 0.3) is 5.69 Å². The summed E-state index contributed by atoms with van der Waals surface area (Å²) in [6, 6.07) is 7.47. The summed E-state index contributed by atoms with van der Waals surface area (Å²) >= 11 is 2.19. The molecule has 0 amide bonds. The van der Waals surface area contributed by atoms with Crippen LogP contribution in [-0.2, 0) is 15.7 Å². The van der Waals surface area contributed by atoms with Crippen LogP contribution in [0.15, 0.2) is 48.9 Å². The number of benzene rings is 2. The van der Waals surface area contributed by atoms with E-state index in [4.69, 9.17) is 14.2 Å². The Kier molecular flexibility index (Phi) is 9.89. The van der Waals surface area contributed by atoms with Crippen LogP contribution in [0.3, 0.4) is 0 Å². The number of nitro groups is 1. The number of non-ortho nitro benzene ring substituents is 1. The first-order chi connectivity index (χ1) is 17.2. The van der Waals surface area contributed by atoms with E-state index in [9.17, 15) is 23.3 Å². The number of halogens is 4. The lowest BCUT2D eigenvalue weighted by atomic mass is 10.1. The molecule has 1 N–H and O–H groups in total. The summed E-state index contributed by atoms with van der Waals surface area (Å²) in [7, 11) is 1.67. The van der Waals surface area contributed by atoms with Gasteiger partial charge in [-0.2, -0.15) is 13.2 Å². The van der Waals surface area contributed by atoms with Crippen molar-refractivity contribution in [2.45, 2.75) is 6.18 Å². The number of rotatable bonds is 13. The number of ether oxygens (including phenoxy) is 3. The summed E-state index contributed by atoms with van der Waals surface area (Å²) in [5.74, 6) is -0.00674. The van der Waals surface area contributed by atoms with Crippen molar-refractivity contribution in [3.05, 3.63) is 64.6 Å². The van der Waals surface area contributed by atoms with Gasteiger partial charge in [0.1, 0.15) is 12.4 Å². The highest BCUT2D eigenvalue weighted by atomic mass is 127. The van der Waals surface area contributed by atoms with Crippen molar-refractivity contribution in [2.75, 3.05) is 49.8 Å². The first-order valence-corrected chi connectivity index (χ1v) is 12.3. The van der Waals surface area contributed by atoms with E-state index in [1.165, 1.54) is 24.5 Å². The van der Waals surface area contributed by atoms with Gasteiger partial charge < -0.3 is 24.1 Å². The number of nitrogens with one attached hydrogen (secondary N) is 1. The van der Waals surface area contributed by atoms with Crippen molar-refractivity contribution in [1.29, 1.82) is 0 Å². The van der Waals surface area contributed by atoms with Crippen LogP contribution in [0, 0.1) is 10.1 Å². The molecule has 1 heterocycles. The molecule has 3 rings (SSSR count). The van der Waals surface area contributed by atoms with Crippen LogP contribution < -0.4 is 10.1 Å². The molecule has 0 aliphatic heterocycles. The number of hydrogen-bond donors (Lipinski definition) is 1. The zero-order chi connectivity index (χ0) is 26.1. The monoisotopic (exact) mass is 620 g/mol. The van der Waals surface area contributed by atoms with Gasteiger partial charge in [-0.1, -0.05) is 22.6 Å². The normalized spacial score (nSPS) is 11.5. The fraction of sp³-hybridized carbons (Fsp3) is 0.348. The van der Waals surface area contributed by atoms with Gasteiger partial charge in [-0.15, -0.1) is 0 Å². The quantitative estimate of drug-likeness (QED) is 0.0904. The van der Waals surface area contributed by atoms with Gasteiger partial charge in [-0.05, 0) is 24.3 Å². The summed E-state index contributed by atoms with van der Waals surface area (Å²) in [5.41, 5.74) is 0.762. The van der Waals surface area contributed by atoms with Crippen LogP contribution in [0.1, 0.15) is 5.56 Å². The van der Waals surface area contributed by atoms with E-state index >= 15 is 0 Å². The minimum Gasteiger partial charge on any atom is -0.490 e. The van der Waals surface area contributed by atoms with E-state index in [1.54, 1.807) is 23.9 Å². The molecule has 2 aromatic carbocycles. The largest absolute Gasteiger partial charge is 0.490 e. The minimum atomic E-state index is -4.55. The molecule has 36 heavy (non-hydrogen) atoms. The van der Waals surface area contributed by atoms with Crippen molar-refractivity contribution in [1.82, 2.24) is 9.55 Å². The number of nitrogens with zero attached hydrogens (tertiary/aromatic N) is 3. The SMILES string of the molecule is CNc1ccc([N+](=O)[O-])cc1-n1cnc(-c2ccc(C(F)(F)F)cc2OCCOCCOCCI)c1. The second-order valence-electron chi connectivity index (χ2n) is 7.35. The van der Waals surface area contributed by atoms with E-state index in [1.807, 2.05) is 0 Å². The van der Waals surface area contributed by atoms with Gasteiger partial charge in [0.05, 0.1) is 60.3 Å². The molecule has 13 heteroatoms. The lowest BCUT2D eigenvalue weighted by Crippen LogP contribution is -2.12. The number of alkyl halides is 4. The summed E-state index contributed by atoms with van der Waals surface area (Å²) in [5, 5.41) is 14.2. The van der Waals surface area contributed by atoms with Crippen LogP contribution in [0.2, 0.25) is 0 Å². The molecular formula is C23H24F3IN4O5. The average molecular weight is 620 g/mol. The molecule has 0 saturated heterocycles. The number of hydrogen-bond acceptors (Lipinski definition) is 7. The first kappa shape index (κ1) is 27.7. The molecule has 0 aliphatic carbocycles. The Morgan fingerprint density at radius 2 is 1.81 bits per heavy atom. The fourth-order valence-corrected chi connectivity index (χ4v) is 3.58. The zero-order valence-electron chi connectivity index (χ0n) is 19.3. The van der Waals surface area contributed by atoms with E-state index in [0.717, 1.165) is 16.6 Å². The number of nitro benzene ring substituents is 1. The maximum atomic E-state index is 13.3. The molecular weight excluding hydrogens is 596 g/mol. The van der Waals surface area contributed by atoms with Gasteiger partial charge in [0.15, 0.2) is 0 Å². The molecule has 0 atom stereocenters. The predicted octanol–water partition coefficient (Wildman–Crippen LogP) is 5.36. The van der Waals surface area contributed by atoms with Crippen molar-refractivity contribution in [3.8, 4) is 22.7 Å². The maximum Gasteiger partial charge on any atom is 0.416 e. The molecule has 0 bridgehead atoms. The predicted molar refractivity (Wildman–Crippen MR) is 136 cm³/mol. The Morgan fingerprint density at radius 1 is 1.08 bits per heavy atom. The first-order valence-electron chi connectivity index (χ1n) is 10.8. The summed E-state index contributed by atoms with van der Waals surface area (Å²) in [6.45, 7) is 1.57. The average Bonchev–Trinajstić information content (AvgIpc) is 3.34. The van der Waals surface area contributed by atoms with Gasteiger partial charge in [0.2, 0.25) is 0 Å². The summed E-state index contributed by atoms with van der Waals surface area (Å²) < 4.78 is 58.8. The van der Waals surface area contributed by atoms with Crippen LogP contribution in [0.25, 0.3) is 16.9 Å². The van der Waals surface area contributed by atoms with Crippen molar-refractivity contribution < 1.29 is 32.3 Å². The third kappa shape index (κ3) is 7.30. The molecule has 1 aromatic heterocycles. The van der Waals surface area contributed by atoms with Gasteiger partial charge >= 0.3 is 6.18 Å². The molecule has 9 nitrogen and oxygen atoms in total. The standard InChI is InChI=1S/C23H24F3IN4O5/c1-28-19-5-3-17(31(32)33)13-21(19)30-14-20(29-15-30)18-4-2-16(23(24,25)26)12-22(18)36-11-10-35-9-8-34-7-6-27/h2-5,12-15,28H,6-11H2,1H3. The van der Waals surface area contributed by atoms with Crippen LogP contribution >= 0.6 is 22.6 Å². The zero-order valence-corrected chi connectivity index (χ0v) is 21.4. The van der Waals surface area contributed by atoms with Crippen molar-refractivity contribution >= 4 is 34.0 Å². The lowest BCUT2D eigenvalue weighted by molar-refractivity contribution is -0.384. The van der Waals surface area contributed by atoms with E-state index < -0.39 is 16.7 Å². The van der Waals surface area contributed by atoms with Crippen LogP contribution in [0.5, 0.6) is 5.75 Å². The Morgan fingerprint density at radius 3 is 2.47 bits per heavy atom. The topological polar surface area (TPSA) is 101 Å². The highest BCUT2D eigenvalue weighted by molar-refractivity contribution is 14.1. The Balaban J connectivity index is 1.83. The maximum absolute atomic E-state index is 13.3. The Hall–Kier alpha value is -2.91. The highest BCUT2D eigenvalue weighted by Gasteiger charge is 2.31. The lowest BCUT2D eigenvalue weighted by Gasteiger charge is -2.14. The number of anilines is 1. The summed E-state index contributed by atoms with van der Waals surface area (Å²) in [4.78, 5) is 15.0. The molecule has 0 unspecified atom stereocenters. The highest BCUT2D eigenvalue weighted by Crippen LogP contribution is 2.37. The van der Waals surface area contributed by atoms with E-state index in [-0.39, 0.29) is 24.7 Å². The van der Waals surface area contributed by atoms with Crippen LogP contribution in [-0.4, -0.2) is 59.0 Å². The van der Waals surface area contributed by atoms with Crippen molar-refractivity contribution in [2.24, 2.45) is 0 Å². The number of aromatic nitrogens is 2. The number of imidazole rings is 1. The molecule has 194 valence electrons. The Labute approximate surface area is 218 Å². The second-order valence-corrected chi connectivity index (χ2v) is 8.42. The minimum absolute atomic E-state index is 0.00674. The molecule has 0 radical (unpaired) electrons. The second kappa shape index (κ2) is 12.9. The Bertz CT molecular complexity index is 1170. The van der Waals surface area contributed by atoms with Gasteiger partial charge in [-0.25, -0.2) is 4.98 Å². The summed E-state index contributed by atoms with van der Waals surface area (Å²) in [6.07, 6.45) is -1.56. The van der Waals surface area contributed by atoms with E-state index in [0.29, 0.717) is 42.5 Å². The molecule has 0 aliphatic rings. The third-order valence-corrected chi connectivity index (χ3v) is 5.43. The van der Waals surface area contributed by atoms with E-state index in [2.05, 4.69) is 32.9 Å². The molecule has 3 aromatic rings. The van der Waals surface area contributed by atoms with Gasteiger partial charge in [-0.3, -0.25) is 10.1 Å². The smallest absolute Gasteiger partial charge is 0.416 e. The van der Waals surface area contributed by atoms with Gasteiger partial charge in [0, 0.05) is 35.4 Å². The van der Waals surface area contributed by atoms with Crippen LogP contribution in [0.4, 0.5) is 24.5 Å².